The molecule has 2 amide bonds. The van der Waals surface area contributed by atoms with E-state index in [4.69, 9.17) is 0 Å². The van der Waals surface area contributed by atoms with E-state index in [1.54, 1.807) is 0 Å². The smallest absolute Gasteiger partial charge is 0.268 e. The number of ketones is 1. The predicted octanol–water partition coefficient (Wildman–Crippen LogP) is 1.76. The maximum absolute atomic E-state index is 11.9. The molecule has 0 radical (unpaired) electrons. The van der Waals surface area contributed by atoms with Gasteiger partial charge in [0.25, 0.3) is 11.8 Å². The summed E-state index contributed by atoms with van der Waals surface area (Å²) < 4.78 is 0. The highest BCUT2D eigenvalue weighted by atomic mass is 32.2. The average Bonchev–Trinajstić information content (AvgIpc) is 2.88. The van der Waals surface area contributed by atoms with Crippen molar-refractivity contribution in [2.45, 2.75) is 26.2 Å². The Labute approximate surface area is 108 Å². The van der Waals surface area contributed by atoms with E-state index in [9.17, 15) is 14.4 Å². The first-order valence-corrected chi connectivity index (χ1v) is 7.50. The van der Waals surface area contributed by atoms with Crippen molar-refractivity contribution in [3.63, 3.8) is 0 Å². The minimum atomic E-state index is -0.177. The molecule has 0 bridgehead atoms. The van der Waals surface area contributed by atoms with Gasteiger partial charge in [-0.05, 0) is 6.42 Å². The van der Waals surface area contributed by atoms with Gasteiger partial charge < -0.3 is 0 Å². The van der Waals surface area contributed by atoms with Crippen molar-refractivity contribution in [2.75, 3.05) is 11.6 Å². The third-order valence-electron chi connectivity index (χ3n) is 2.72. The second kappa shape index (κ2) is 5.27. The normalized spacial score (nSPS) is 19.2. The lowest BCUT2D eigenvalue weighted by Crippen LogP contribution is -2.33. The molecule has 2 rings (SSSR count). The second-order valence-electron chi connectivity index (χ2n) is 3.82. The van der Waals surface area contributed by atoms with Crippen LogP contribution < -0.4 is 0 Å². The molecule has 2 aliphatic heterocycles. The van der Waals surface area contributed by atoms with E-state index in [1.165, 1.54) is 28.4 Å². The Bertz CT molecular complexity index is 391. The van der Waals surface area contributed by atoms with E-state index >= 15 is 0 Å². The first kappa shape index (κ1) is 12.7. The van der Waals surface area contributed by atoms with Crippen molar-refractivity contribution in [3.05, 3.63) is 9.81 Å². The van der Waals surface area contributed by atoms with Crippen molar-refractivity contribution in [1.82, 2.24) is 4.90 Å². The van der Waals surface area contributed by atoms with Gasteiger partial charge in [0.1, 0.15) is 5.78 Å². The van der Waals surface area contributed by atoms with Gasteiger partial charge >= 0.3 is 0 Å². The van der Waals surface area contributed by atoms with Crippen molar-refractivity contribution in [1.29, 1.82) is 0 Å². The fourth-order valence-corrected chi connectivity index (χ4v) is 4.18. The van der Waals surface area contributed by atoms with Crippen LogP contribution >= 0.6 is 23.5 Å². The van der Waals surface area contributed by atoms with E-state index in [2.05, 4.69) is 0 Å². The molecule has 0 atom stereocenters. The van der Waals surface area contributed by atoms with Crippen molar-refractivity contribution >= 4 is 41.1 Å². The van der Waals surface area contributed by atoms with E-state index in [0.717, 1.165) is 5.08 Å². The molecule has 0 aromatic carbocycles. The zero-order valence-electron chi connectivity index (χ0n) is 9.52. The number of imide groups is 1. The molecular formula is C11H13NO3S2. The monoisotopic (exact) mass is 271 g/mol. The highest BCUT2D eigenvalue weighted by Crippen LogP contribution is 2.44. The quantitative estimate of drug-likeness (QED) is 0.713. The van der Waals surface area contributed by atoms with Gasteiger partial charge in [-0.25, -0.2) is 0 Å². The lowest BCUT2D eigenvalue weighted by Gasteiger charge is -2.15. The summed E-state index contributed by atoms with van der Waals surface area (Å²) in [6, 6.07) is 0. The number of Topliss-reactive ketones (excluding diaryl/α,β-unsaturated/α-hetero) is 1. The summed E-state index contributed by atoms with van der Waals surface area (Å²) in [4.78, 5) is 37.3. The number of rotatable bonds is 5. The summed E-state index contributed by atoms with van der Waals surface area (Å²) in [5.41, 5.74) is 0. The third kappa shape index (κ3) is 2.42. The lowest BCUT2D eigenvalue weighted by atomic mass is 10.2. The van der Waals surface area contributed by atoms with Crippen LogP contribution in [0.25, 0.3) is 0 Å². The van der Waals surface area contributed by atoms with Crippen LogP contribution in [0.4, 0.5) is 0 Å². The van der Waals surface area contributed by atoms with Gasteiger partial charge in [0.15, 0.2) is 0 Å². The van der Waals surface area contributed by atoms with Gasteiger partial charge in [0.05, 0.1) is 9.81 Å². The molecule has 0 unspecified atom stereocenters. The fraction of sp³-hybridized carbons (Fsp3) is 0.545. The number of thioether (sulfide) groups is 2. The molecule has 4 nitrogen and oxygen atoms in total. The zero-order chi connectivity index (χ0) is 12.4. The zero-order valence-corrected chi connectivity index (χ0v) is 11.2. The predicted molar refractivity (Wildman–Crippen MR) is 68.3 cm³/mol. The summed E-state index contributed by atoms with van der Waals surface area (Å²) >= 11 is 2.87. The molecule has 92 valence electrons. The highest BCUT2D eigenvalue weighted by Gasteiger charge is 2.41. The molecule has 6 heteroatoms. The van der Waals surface area contributed by atoms with Crippen LogP contribution in [0.2, 0.25) is 0 Å². The lowest BCUT2D eigenvalue weighted by molar-refractivity contribution is -0.137. The molecular weight excluding hydrogens is 258 g/mol. The number of hydrogen-bond acceptors (Lipinski definition) is 5. The molecule has 0 saturated heterocycles. The van der Waals surface area contributed by atoms with Gasteiger partial charge in [-0.1, -0.05) is 6.92 Å². The van der Waals surface area contributed by atoms with Crippen molar-refractivity contribution < 1.29 is 14.4 Å². The molecule has 2 aliphatic rings. The minimum Gasteiger partial charge on any atom is -0.300 e. The molecule has 0 saturated carbocycles. The average molecular weight is 271 g/mol. The SMILES string of the molecule is CCC(=O)CCCN1C(=O)C2=C(SCS2)C1=O. The molecule has 0 aliphatic carbocycles. The van der Waals surface area contributed by atoms with Gasteiger partial charge in [0.2, 0.25) is 0 Å². The summed E-state index contributed by atoms with van der Waals surface area (Å²) in [6.45, 7) is 2.18. The van der Waals surface area contributed by atoms with Crippen molar-refractivity contribution in [2.24, 2.45) is 0 Å². The van der Waals surface area contributed by atoms with E-state index in [1.807, 2.05) is 6.92 Å². The molecule has 2 heterocycles. The summed E-state index contributed by atoms with van der Waals surface area (Å²) in [5.74, 6) is -0.179. The van der Waals surface area contributed by atoms with Crippen LogP contribution in [0.1, 0.15) is 26.2 Å². The van der Waals surface area contributed by atoms with Crippen LogP contribution in [0.3, 0.4) is 0 Å². The first-order valence-electron chi connectivity index (χ1n) is 5.53. The van der Waals surface area contributed by atoms with Crippen LogP contribution in [0.5, 0.6) is 0 Å². The highest BCUT2D eigenvalue weighted by molar-refractivity contribution is 8.23. The second-order valence-corrected chi connectivity index (χ2v) is 6.16. The maximum Gasteiger partial charge on any atom is 0.268 e. The minimum absolute atomic E-state index is 0.174. The Morgan fingerprint density at radius 2 is 1.82 bits per heavy atom. The number of amides is 2. The summed E-state index contributed by atoms with van der Waals surface area (Å²) in [5, 5.41) is 0.754. The largest absolute Gasteiger partial charge is 0.300 e. The van der Waals surface area contributed by atoms with Gasteiger partial charge in [-0.2, -0.15) is 0 Å². The van der Waals surface area contributed by atoms with Crippen molar-refractivity contribution in [3.8, 4) is 0 Å². The van der Waals surface area contributed by atoms with Crippen LogP contribution in [-0.2, 0) is 14.4 Å². The Hall–Kier alpha value is -0.750. The molecule has 0 fully saturated rings. The fourth-order valence-electron chi connectivity index (χ4n) is 1.75. The van der Waals surface area contributed by atoms with E-state index in [-0.39, 0.29) is 17.6 Å². The molecule has 17 heavy (non-hydrogen) atoms. The van der Waals surface area contributed by atoms with Gasteiger partial charge in [0, 0.05) is 24.5 Å². The van der Waals surface area contributed by atoms with E-state index in [0.29, 0.717) is 35.6 Å². The van der Waals surface area contributed by atoms with E-state index < -0.39 is 0 Å². The van der Waals surface area contributed by atoms with Gasteiger partial charge in [-0.3, -0.25) is 19.3 Å². The number of hydrogen-bond donors (Lipinski definition) is 0. The Kier molecular flexibility index (Phi) is 3.93. The Morgan fingerprint density at radius 3 is 2.35 bits per heavy atom. The van der Waals surface area contributed by atoms with Gasteiger partial charge in [-0.15, -0.1) is 23.5 Å². The summed E-state index contributed by atoms with van der Waals surface area (Å²) in [6.07, 6.45) is 1.53. The molecule has 0 aromatic rings. The maximum atomic E-state index is 11.9. The summed E-state index contributed by atoms with van der Waals surface area (Å²) in [7, 11) is 0. The molecule has 0 spiro atoms. The van der Waals surface area contributed by atoms with Crippen LogP contribution in [0, 0.1) is 0 Å². The molecule has 0 aromatic heterocycles. The van der Waals surface area contributed by atoms with Crippen LogP contribution in [0.15, 0.2) is 9.81 Å². The third-order valence-corrected chi connectivity index (χ3v) is 5.13. The Balaban J connectivity index is 1.90. The topological polar surface area (TPSA) is 54.5 Å². The standard InChI is InChI=1S/C11H13NO3S2/c1-2-7(13)4-3-5-12-10(14)8-9(11(12)15)17-6-16-8/h2-6H2,1H3. The van der Waals surface area contributed by atoms with Crippen LogP contribution in [-0.4, -0.2) is 34.1 Å². The number of nitrogens with zero attached hydrogens (tertiary/aromatic N) is 1. The molecule has 0 N–H and O–H groups in total. The Morgan fingerprint density at radius 1 is 1.24 bits per heavy atom. The number of carbonyl (C=O) groups excluding carboxylic acids is 3. The first-order chi connectivity index (χ1) is 8.15. The number of carbonyl (C=O) groups is 3.